The lowest BCUT2D eigenvalue weighted by molar-refractivity contribution is -0.539. The van der Waals surface area contributed by atoms with Crippen LogP contribution in [0, 0.1) is 6.92 Å². The van der Waals surface area contributed by atoms with Crippen molar-refractivity contribution in [2.45, 2.75) is 13.5 Å². The Labute approximate surface area is 182 Å². The molecule has 0 aliphatic carbocycles. The van der Waals surface area contributed by atoms with Gasteiger partial charge in [-0.15, -0.1) is 0 Å². The number of para-hydroxylation sites is 1. The Bertz CT molecular complexity index is 1110. The van der Waals surface area contributed by atoms with E-state index in [9.17, 15) is 0 Å². The first-order valence-corrected chi connectivity index (χ1v) is 10.9. The predicted molar refractivity (Wildman–Crippen MR) is 125 cm³/mol. The molecule has 0 saturated carbocycles. The van der Waals surface area contributed by atoms with Crippen LogP contribution in [0.4, 0.5) is 17.1 Å². The molecule has 2 aliphatic heterocycles. The average Bonchev–Trinajstić information content (AvgIpc) is 2.91. The van der Waals surface area contributed by atoms with E-state index in [-0.39, 0.29) is 0 Å². The summed E-state index contributed by atoms with van der Waals surface area (Å²) in [6.07, 6.45) is 0. The van der Waals surface area contributed by atoms with Gasteiger partial charge in [-0.25, -0.2) is 5.32 Å². The monoisotopic (exact) mass is 417 g/mol. The number of anilines is 3. The highest BCUT2D eigenvalue weighted by molar-refractivity contribution is 6.31. The van der Waals surface area contributed by atoms with Crippen molar-refractivity contribution in [3.63, 3.8) is 0 Å². The van der Waals surface area contributed by atoms with Crippen LogP contribution in [0.2, 0.25) is 5.02 Å². The molecule has 0 unspecified atom stereocenters. The van der Waals surface area contributed by atoms with Gasteiger partial charge in [0.2, 0.25) is 0 Å². The van der Waals surface area contributed by atoms with Crippen molar-refractivity contribution in [3.05, 3.63) is 88.4 Å². The molecule has 3 aromatic rings. The predicted octanol–water partition coefficient (Wildman–Crippen LogP) is 5.09. The Morgan fingerprint density at radius 1 is 0.867 bits per heavy atom. The van der Waals surface area contributed by atoms with Crippen LogP contribution >= 0.6 is 11.6 Å². The van der Waals surface area contributed by atoms with Crippen LogP contribution in [-0.2, 0) is 6.54 Å². The molecule has 5 heteroatoms. The maximum absolute atomic E-state index is 6.28. The summed E-state index contributed by atoms with van der Waals surface area (Å²) in [7, 11) is 0. The van der Waals surface area contributed by atoms with Gasteiger partial charge in [0, 0.05) is 30.7 Å². The second-order valence-electron chi connectivity index (χ2n) is 8.09. The van der Waals surface area contributed by atoms with Crippen molar-refractivity contribution in [2.24, 2.45) is 0 Å². The fourth-order valence-electron chi connectivity index (χ4n) is 4.32. The minimum Gasteiger partial charge on any atom is -0.351 e. The third kappa shape index (κ3) is 3.93. The third-order valence-electron chi connectivity index (χ3n) is 5.86. The number of nitrogens with zero attached hydrogens (tertiary/aromatic N) is 2. The molecule has 0 amide bonds. The van der Waals surface area contributed by atoms with Gasteiger partial charge in [-0.1, -0.05) is 53.6 Å². The van der Waals surface area contributed by atoms with Gasteiger partial charge >= 0.3 is 0 Å². The molecule has 30 heavy (non-hydrogen) atoms. The van der Waals surface area contributed by atoms with Crippen molar-refractivity contribution in [3.8, 4) is 0 Å². The first-order chi connectivity index (χ1) is 14.7. The van der Waals surface area contributed by atoms with Gasteiger partial charge in [0.25, 0.3) is 5.84 Å². The van der Waals surface area contributed by atoms with Crippen molar-refractivity contribution in [1.82, 2.24) is 4.90 Å². The Morgan fingerprint density at radius 3 is 2.53 bits per heavy atom. The molecule has 0 bridgehead atoms. The van der Waals surface area contributed by atoms with E-state index in [1.54, 1.807) is 0 Å². The van der Waals surface area contributed by atoms with Crippen LogP contribution in [-0.4, -0.2) is 41.5 Å². The van der Waals surface area contributed by atoms with Gasteiger partial charge in [-0.05, 0) is 36.8 Å². The van der Waals surface area contributed by atoms with Gasteiger partial charge in [0.15, 0.2) is 0 Å². The molecular weight excluding hydrogens is 392 g/mol. The standard InChI is InChI=1S/C25H25ClN4/c1-18-5-4-6-19(15-18)17-29-11-13-30(14-12-29)25-21-7-2-3-8-22(21)27-23-10-9-20(26)16-24(23)28-25/h2-10,15-16H,11-14,17H2,1H3,(H,27,28)/p+1. The van der Waals surface area contributed by atoms with Gasteiger partial charge in [0.1, 0.15) is 5.69 Å². The number of amidine groups is 1. The van der Waals surface area contributed by atoms with Gasteiger partial charge in [0.05, 0.1) is 30.0 Å². The van der Waals surface area contributed by atoms with Gasteiger partial charge < -0.3 is 5.32 Å². The molecule has 0 radical (unpaired) electrons. The molecule has 0 aromatic heterocycles. The summed E-state index contributed by atoms with van der Waals surface area (Å²) in [5.41, 5.74) is 7.07. The van der Waals surface area contributed by atoms with E-state index in [0.717, 1.165) is 60.6 Å². The van der Waals surface area contributed by atoms with E-state index < -0.39 is 0 Å². The van der Waals surface area contributed by atoms with Crippen LogP contribution in [0.1, 0.15) is 16.7 Å². The van der Waals surface area contributed by atoms with Crippen LogP contribution in [0.3, 0.4) is 0 Å². The summed E-state index contributed by atoms with van der Waals surface area (Å²) in [6.45, 7) is 7.21. The SMILES string of the molecule is Cc1cccc(CN2CC[N+](=C3Nc4cc(Cl)ccc4Nc4ccccc43)CC2)c1. The highest BCUT2D eigenvalue weighted by Crippen LogP contribution is 2.34. The molecule has 0 atom stereocenters. The highest BCUT2D eigenvalue weighted by atomic mass is 35.5. The largest absolute Gasteiger partial charge is 0.351 e. The summed E-state index contributed by atoms with van der Waals surface area (Å²) >= 11 is 6.28. The second kappa shape index (κ2) is 8.13. The van der Waals surface area contributed by atoms with Gasteiger partial charge in [-0.2, -0.15) is 0 Å². The maximum atomic E-state index is 6.28. The molecule has 152 valence electrons. The van der Waals surface area contributed by atoms with E-state index in [1.807, 2.05) is 18.2 Å². The van der Waals surface area contributed by atoms with Gasteiger partial charge in [-0.3, -0.25) is 9.48 Å². The maximum Gasteiger partial charge on any atom is 0.284 e. The van der Waals surface area contributed by atoms with E-state index in [0.29, 0.717) is 0 Å². The molecule has 2 heterocycles. The van der Waals surface area contributed by atoms with Crippen molar-refractivity contribution in [1.29, 1.82) is 0 Å². The zero-order valence-corrected chi connectivity index (χ0v) is 17.9. The molecule has 1 saturated heterocycles. The van der Waals surface area contributed by atoms with E-state index in [1.165, 1.54) is 16.7 Å². The molecular formula is C25H26ClN4+. The number of aryl methyl sites for hydroxylation is 1. The molecule has 0 spiro atoms. The van der Waals surface area contributed by atoms with Crippen molar-refractivity contribution in [2.75, 3.05) is 36.8 Å². The van der Waals surface area contributed by atoms with Crippen LogP contribution in [0.25, 0.3) is 0 Å². The summed E-state index contributed by atoms with van der Waals surface area (Å²) in [6, 6.07) is 23.3. The summed E-state index contributed by atoms with van der Waals surface area (Å²) in [4.78, 5) is 2.54. The Hall–Kier alpha value is -2.82. The lowest BCUT2D eigenvalue weighted by Crippen LogP contribution is -2.45. The lowest BCUT2D eigenvalue weighted by atomic mass is 10.1. The zero-order valence-electron chi connectivity index (χ0n) is 17.2. The quantitative estimate of drug-likeness (QED) is 0.569. The van der Waals surface area contributed by atoms with Crippen LogP contribution in [0.5, 0.6) is 0 Å². The number of hydrogen-bond donors (Lipinski definition) is 2. The number of piperazine rings is 1. The number of rotatable bonds is 2. The van der Waals surface area contributed by atoms with Crippen LogP contribution in [0.15, 0.2) is 66.7 Å². The number of halogens is 1. The number of nitrogens with one attached hydrogen (secondary N) is 2. The topological polar surface area (TPSA) is 30.3 Å². The fraction of sp³-hybridized carbons (Fsp3) is 0.240. The molecule has 1 fully saturated rings. The van der Waals surface area contributed by atoms with E-state index in [4.69, 9.17) is 11.6 Å². The number of hydrogen-bond acceptors (Lipinski definition) is 2. The van der Waals surface area contributed by atoms with E-state index in [2.05, 4.69) is 75.6 Å². The first-order valence-electron chi connectivity index (χ1n) is 10.5. The first kappa shape index (κ1) is 19.2. The number of fused-ring (bicyclic) bond motifs is 2. The third-order valence-corrected chi connectivity index (χ3v) is 6.10. The van der Waals surface area contributed by atoms with E-state index >= 15 is 0 Å². The minimum absolute atomic E-state index is 0.733. The Kier molecular flexibility index (Phi) is 5.19. The molecule has 2 aliphatic rings. The normalized spacial score (nSPS) is 16.2. The molecule has 2 N–H and O–H groups in total. The molecule has 4 nitrogen and oxygen atoms in total. The fourth-order valence-corrected chi connectivity index (χ4v) is 4.49. The summed E-state index contributed by atoms with van der Waals surface area (Å²) in [5.74, 6) is 1.15. The summed E-state index contributed by atoms with van der Waals surface area (Å²) in [5, 5.41) is 7.97. The zero-order chi connectivity index (χ0) is 20.5. The average molecular weight is 418 g/mol. The summed E-state index contributed by atoms with van der Waals surface area (Å²) < 4.78 is 2.46. The van der Waals surface area contributed by atoms with Crippen LogP contribution < -0.4 is 10.6 Å². The molecule has 3 aromatic carbocycles. The smallest absolute Gasteiger partial charge is 0.284 e. The minimum atomic E-state index is 0.733. The highest BCUT2D eigenvalue weighted by Gasteiger charge is 2.28. The van der Waals surface area contributed by atoms with Crippen molar-refractivity contribution < 1.29 is 4.58 Å². The second-order valence-corrected chi connectivity index (χ2v) is 8.52. The van der Waals surface area contributed by atoms with Crippen molar-refractivity contribution >= 4 is 34.5 Å². The molecule has 5 rings (SSSR count). The Morgan fingerprint density at radius 2 is 1.70 bits per heavy atom. The Balaban J connectivity index is 1.42. The number of benzene rings is 3. The lowest BCUT2D eigenvalue weighted by Gasteiger charge is -2.28.